The number of alkyl carbamates (subject to hydrolysis) is 2. The molecule has 8 aromatic rings. The maximum atomic E-state index is 14.0. The first-order chi connectivity index (χ1) is 32.5. The van der Waals surface area contributed by atoms with E-state index in [1.165, 1.54) is 47.7 Å². The zero-order chi connectivity index (χ0) is 46.3. The Kier molecular flexibility index (Phi) is 12.4. The van der Waals surface area contributed by atoms with Crippen LogP contribution in [0.1, 0.15) is 74.9 Å². The molecule has 2 saturated heterocycles. The van der Waals surface area contributed by atoms with Gasteiger partial charge in [-0.15, -0.1) is 45.3 Å². The first kappa shape index (κ1) is 44.5. The number of nitrogens with one attached hydrogen (secondary N) is 4. The zero-order valence-corrected chi connectivity index (χ0v) is 40.4. The number of fused-ring (bicyclic) bond motifs is 2. The van der Waals surface area contributed by atoms with Gasteiger partial charge in [-0.2, -0.15) is 0 Å². The van der Waals surface area contributed by atoms with E-state index >= 15 is 0 Å². The minimum atomic E-state index is -0.869. The van der Waals surface area contributed by atoms with Crippen LogP contribution in [0.15, 0.2) is 91.3 Å². The zero-order valence-electron chi connectivity index (χ0n) is 37.2. The maximum absolute atomic E-state index is 14.0. The van der Waals surface area contributed by atoms with Crippen LogP contribution in [-0.4, -0.2) is 87.1 Å². The molecule has 2 aromatic carbocycles. The van der Waals surface area contributed by atoms with Crippen molar-refractivity contribution in [3.05, 3.63) is 108 Å². The third kappa shape index (κ3) is 8.86. The molecule has 8 heterocycles. The van der Waals surface area contributed by atoms with Crippen molar-refractivity contribution in [3.8, 4) is 42.0 Å². The summed E-state index contributed by atoms with van der Waals surface area (Å²) in [4.78, 5) is 76.7. The highest BCUT2D eigenvalue weighted by molar-refractivity contribution is 7.35. The third-order valence-electron chi connectivity index (χ3n) is 12.5. The summed E-state index contributed by atoms with van der Waals surface area (Å²) in [6.07, 6.45) is 5.66. The molecule has 2 aliphatic rings. The topological polar surface area (TPSA) is 175 Å². The van der Waals surface area contributed by atoms with Gasteiger partial charge in [-0.3, -0.25) is 9.59 Å². The van der Waals surface area contributed by atoms with E-state index in [9.17, 15) is 19.2 Å². The van der Waals surface area contributed by atoms with Gasteiger partial charge < -0.3 is 39.9 Å². The molecule has 0 bridgehead atoms. The lowest BCUT2D eigenvalue weighted by Crippen LogP contribution is -2.51. The van der Waals surface area contributed by atoms with Crippen LogP contribution >= 0.6 is 45.3 Å². The van der Waals surface area contributed by atoms with Gasteiger partial charge in [0.05, 0.1) is 55.0 Å². The van der Waals surface area contributed by atoms with Gasteiger partial charge in [0.15, 0.2) is 0 Å². The Hall–Kier alpha value is -6.34. The van der Waals surface area contributed by atoms with Crippen LogP contribution in [0.3, 0.4) is 0 Å². The number of ether oxygens (including phenoxy) is 2. The fraction of sp³-hybridized carbons (Fsp3) is 0.306. The molecule has 344 valence electrons. The van der Waals surface area contributed by atoms with Crippen molar-refractivity contribution in [1.29, 1.82) is 0 Å². The summed E-state index contributed by atoms with van der Waals surface area (Å²) < 4.78 is 14.6. The fourth-order valence-electron chi connectivity index (χ4n) is 9.07. The van der Waals surface area contributed by atoms with E-state index in [4.69, 9.17) is 19.4 Å². The van der Waals surface area contributed by atoms with Gasteiger partial charge >= 0.3 is 12.2 Å². The normalized spacial score (nSPS) is 17.1. The third-order valence-corrected chi connectivity index (χ3v) is 17.4. The van der Waals surface area contributed by atoms with Gasteiger partial charge in [-0.25, -0.2) is 19.6 Å². The van der Waals surface area contributed by atoms with Gasteiger partial charge in [-0.05, 0) is 72.6 Å². The number of carbonyl (C=O) groups excluding carboxylic acids is 4. The highest BCUT2D eigenvalue weighted by Crippen LogP contribution is 2.47. The van der Waals surface area contributed by atoms with E-state index in [0.29, 0.717) is 18.7 Å². The molecule has 10 rings (SSSR count). The molecule has 14 nitrogen and oxygen atoms in total. The molecule has 0 saturated carbocycles. The van der Waals surface area contributed by atoms with E-state index in [1.54, 1.807) is 34.0 Å². The van der Waals surface area contributed by atoms with Crippen molar-refractivity contribution in [2.45, 2.75) is 63.7 Å². The number of methoxy groups -OCH3 is 2. The van der Waals surface area contributed by atoms with Crippen LogP contribution in [0.4, 0.5) is 9.59 Å². The minimum Gasteiger partial charge on any atom is -0.453 e. The average molecular weight is 973 g/mol. The van der Waals surface area contributed by atoms with Crippen LogP contribution in [0.5, 0.6) is 0 Å². The van der Waals surface area contributed by atoms with Crippen LogP contribution in [-0.2, 0) is 19.1 Å². The molecule has 2 fully saturated rings. The molecule has 4 N–H and O–H groups in total. The second kappa shape index (κ2) is 18.7. The molecular weight excluding hydrogens is 925 g/mol. The molecule has 18 heteroatoms. The number of benzene rings is 2. The SMILES string of the molecule is COC(=O)N[C@H](C(=O)N1CCCC1c1ncc(-c2ccc(-c3cc4sc(-c5cc6sc(-c7cnc(C8CCCN8C(=O)[C@H](NC(=O)OC)c8ccccc8)[nH]7)cc6s5)cc4s3)cc2)[nH]1)C(C)C. The smallest absolute Gasteiger partial charge is 0.407 e. The maximum Gasteiger partial charge on any atom is 0.407 e. The summed E-state index contributed by atoms with van der Waals surface area (Å²) in [6, 6.07) is 24.8. The molecule has 6 aromatic heterocycles. The summed E-state index contributed by atoms with van der Waals surface area (Å²) in [5, 5.41) is 5.44. The Morgan fingerprint density at radius 2 is 1.12 bits per heavy atom. The Morgan fingerprint density at radius 3 is 1.72 bits per heavy atom. The largest absolute Gasteiger partial charge is 0.453 e. The Labute approximate surface area is 402 Å². The van der Waals surface area contributed by atoms with Crippen molar-refractivity contribution >= 4 is 88.1 Å². The number of thiophene rings is 4. The first-order valence-corrected chi connectivity index (χ1v) is 25.4. The second-order valence-electron chi connectivity index (χ2n) is 17.1. The van der Waals surface area contributed by atoms with Crippen LogP contribution in [0, 0.1) is 5.92 Å². The predicted octanol–water partition coefficient (Wildman–Crippen LogP) is 11.2. The number of H-pyrrole nitrogens is 2. The number of imidazole rings is 2. The van der Waals surface area contributed by atoms with E-state index < -0.39 is 24.3 Å². The monoisotopic (exact) mass is 972 g/mol. The number of nitrogens with zero attached hydrogens (tertiary/aromatic N) is 4. The predicted molar refractivity (Wildman–Crippen MR) is 265 cm³/mol. The Balaban J connectivity index is 0.795. The number of hydrogen-bond donors (Lipinski definition) is 4. The van der Waals surface area contributed by atoms with Crippen molar-refractivity contribution in [2.75, 3.05) is 27.3 Å². The quantitative estimate of drug-likeness (QED) is 0.0936. The summed E-state index contributed by atoms with van der Waals surface area (Å²) in [6.45, 7) is 4.99. The number of aromatic amines is 2. The lowest BCUT2D eigenvalue weighted by atomic mass is 10.0. The number of likely N-dealkylation sites (tertiary alicyclic amines) is 2. The number of amides is 4. The van der Waals surface area contributed by atoms with Crippen molar-refractivity contribution in [3.63, 3.8) is 0 Å². The standard InChI is InChI=1S/C49H48N8O6S4/c1-26(2)42(54-48(60)62-3)46(58)56-18-8-12-32(56)44-50-24-30(52-44)27-14-16-28(17-15-27)34-20-36-38(64-34)22-40(66-36)41-23-39-37(67-41)21-35(65-39)31-25-51-45(53-31)33-13-9-19-57(33)47(59)43(55-49(61)63-4)29-10-6-5-7-11-29/h5-7,10-11,14-17,20-26,32-33,42-43H,8-9,12-13,18-19H2,1-4H3,(H,50,52)(H,51,53)(H,54,60)(H,55,61)/t32?,33?,42-,43+/m0/s1. The summed E-state index contributed by atoms with van der Waals surface area (Å²) in [7, 11) is 2.59. The summed E-state index contributed by atoms with van der Waals surface area (Å²) in [5.41, 5.74) is 4.65. The number of carbonyl (C=O) groups is 4. The first-order valence-electron chi connectivity index (χ1n) is 22.2. The molecule has 67 heavy (non-hydrogen) atoms. The van der Waals surface area contributed by atoms with Gasteiger partial charge in [0.1, 0.15) is 23.7 Å². The van der Waals surface area contributed by atoms with E-state index in [1.807, 2.05) is 77.7 Å². The fourth-order valence-corrected chi connectivity index (χ4v) is 13.9. The highest BCUT2D eigenvalue weighted by atomic mass is 32.1. The van der Waals surface area contributed by atoms with Crippen LogP contribution < -0.4 is 10.6 Å². The van der Waals surface area contributed by atoms with Gasteiger partial charge in [-0.1, -0.05) is 68.4 Å². The molecule has 4 atom stereocenters. The van der Waals surface area contributed by atoms with Crippen molar-refractivity contribution < 1.29 is 28.7 Å². The molecule has 0 radical (unpaired) electrons. The van der Waals surface area contributed by atoms with Crippen molar-refractivity contribution in [1.82, 2.24) is 40.4 Å². The van der Waals surface area contributed by atoms with Crippen LogP contribution in [0.2, 0.25) is 0 Å². The molecule has 2 unspecified atom stereocenters. The number of rotatable bonds is 12. The molecule has 4 amide bonds. The lowest BCUT2D eigenvalue weighted by molar-refractivity contribution is -0.135. The van der Waals surface area contributed by atoms with Gasteiger partial charge in [0, 0.05) is 46.5 Å². The number of hydrogen-bond acceptors (Lipinski definition) is 12. The van der Waals surface area contributed by atoms with Gasteiger partial charge in [0.2, 0.25) is 5.91 Å². The summed E-state index contributed by atoms with van der Waals surface area (Å²) in [5.74, 6) is 1.05. The highest BCUT2D eigenvalue weighted by Gasteiger charge is 2.39. The van der Waals surface area contributed by atoms with E-state index in [2.05, 4.69) is 69.1 Å². The Bertz CT molecular complexity index is 3030. The molecule has 2 aliphatic heterocycles. The van der Waals surface area contributed by atoms with E-state index in [0.717, 1.165) is 64.7 Å². The molecule has 0 aliphatic carbocycles. The molecular formula is C49H48N8O6S4. The van der Waals surface area contributed by atoms with Crippen molar-refractivity contribution in [2.24, 2.45) is 5.92 Å². The summed E-state index contributed by atoms with van der Waals surface area (Å²) >= 11 is 7.13. The van der Waals surface area contributed by atoms with E-state index in [-0.39, 0.29) is 29.8 Å². The van der Waals surface area contributed by atoms with Crippen LogP contribution in [0.25, 0.3) is 60.8 Å². The van der Waals surface area contributed by atoms with Gasteiger partial charge in [0.25, 0.3) is 5.91 Å². The Morgan fingerprint density at radius 1 is 0.627 bits per heavy atom. The number of aromatic nitrogens is 4. The lowest BCUT2D eigenvalue weighted by Gasteiger charge is -2.30. The minimum absolute atomic E-state index is 0.0998. The second-order valence-corrected chi connectivity index (χ2v) is 21.4. The average Bonchev–Trinajstić information content (AvgIpc) is 4.19. The molecule has 0 spiro atoms.